The maximum atomic E-state index is 13.0. The van der Waals surface area contributed by atoms with Crippen LogP contribution in [0.25, 0.3) is 0 Å². The number of primary amides is 1. The van der Waals surface area contributed by atoms with Crippen LogP contribution in [0.4, 0.5) is 0 Å². The molecule has 4 atom stereocenters. The zero-order valence-corrected chi connectivity index (χ0v) is 19.4. The molecule has 1 aromatic rings. The van der Waals surface area contributed by atoms with Crippen LogP contribution in [-0.2, 0) is 30.4 Å². The molecular weight excluding hydrogens is 446 g/mol. The predicted molar refractivity (Wildman–Crippen MR) is 122 cm³/mol. The average molecular weight is 480 g/mol. The second-order valence-corrected chi connectivity index (χ2v) is 8.48. The topological polar surface area (TPSA) is 214 Å². The number of nitrogens with one attached hydrogen (secondary N) is 3. The zero-order valence-electron chi connectivity index (χ0n) is 19.4. The number of amides is 4. The first-order chi connectivity index (χ1) is 15.8. The van der Waals surface area contributed by atoms with E-state index in [9.17, 15) is 34.2 Å². The Morgan fingerprint density at radius 1 is 0.853 bits per heavy atom. The number of nitrogens with two attached hydrogens (primary N) is 2. The van der Waals surface area contributed by atoms with E-state index in [1.54, 1.807) is 26.0 Å². The molecule has 0 radical (unpaired) electrons. The largest absolute Gasteiger partial charge is 0.508 e. The highest BCUT2D eigenvalue weighted by atomic mass is 16.4. The van der Waals surface area contributed by atoms with Crippen molar-refractivity contribution in [1.29, 1.82) is 0 Å². The van der Waals surface area contributed by atoms with E-state index in [0.717, 1.165) is 0 Å². The van der Waals surface area contributed by atoms with Crippen molar-refractivity contribution < 1.29 is 34.2 Å². The van der Waals surface area contributed by atoms with E-state index in [1.807, 2.05) is 0 Å². The number of aliphatic carboxylic acids is 1. The number of carbonyl (C=O) groups is 5. The van der Waals surface area contributed by atoms with E-state index in [2.05, 4.69) is 16.0 Å². The van der Waals surface area contributed by atoms with Crippen LogP contribution in [0.1, 0.15) is 39.2 Å². The molecule has 0 fully saturated rings. The number of carbonyl (C=O) groups excluding carboxylic acids is 4. The zero-order chi connectivity index (χ0) is 26.0. The van der Waals surface area contributed by atoms with Gasteiger partial charge in [-0.05, 0) is 37.0 Å². The van der Waals surface area contributed by atoms with Crippen LogP contribution < -0.4 is 27.4 Å². The van der Waals surface area contributed by atoms with Crippen molar-refractivity contribution in [2.45, 2.75) is 64.2 Å². The van der Waals surface area contributed by atoms with E-state index in [0.29, 0.717) is 5.56 Å². The first-order valence-corrected chi connectivity index (χ1v) is 10.8. The van der Waals surface area contributed by atoms with Gasteiger partial charge in [0.1, 0.15) is 23.9 Å². The molecule has 0 saturated carbocycles. The van der Waals surface area contributed by atoms with Gasteiger partial charge in [0, 0.05) is 6.42 Å². The van der Waals surface area contributed by atoms with Crippen LogP contribution in [-0.4, -0.2) is 64.0 Å². The third-order valence-corrected chi connectivity index (χ3v) is 4.78. The first kappa shape index (κ1) is 28.4. The summed E-state index contributed by atoms with van der Waals surface area (Å²) in [5.74, 6) is -4.53. The van der Waals surface area contributed by atoms with E-state index in [1.165, 1.54) is 19.1 Å². The summed E-state index contributed by atoms with van der Waals surface area (Å²) in [5, 5.41) is 26.0. The quantitative estimate of drug-likeness (QED) is 0.181. The van der Waals surface area contributed by atoms with Gasteiger partial charge in [-0.2, -0.15) is 0 Å². The molecule has 4 amide bonds. The third-order valence-electron chi connectivity index (χ3n) is 4.78. The summed E-state index contributed by atoms with van der Waals surface area (Å²) >= 11 is 0. The Morgan fingerprint density at radius 3 is 1.82 bits per heavy atom. The van der Waals surface area contributed by atoms with Gasteiger partial charge >= 0.3 is 5.97 Å². The number of carboxylic acids is 1. The van der Waals surface area contributed by atoms with Crippen molar-refractivity contribution in [1.82, 2.24) is 16.0 Å². The maximum Gasteiger partial charge on any atom is 0.326 e. The molecule has 1 aromatic carbocycles. The molecule has 9 N–H and O–H groups in total. The lowest BCUT2D eigenvalue weighted by atomic mass is 10.0. The number of phenolic OH excluding ortho intramolecular Hbond substituents is 1. The Morgan fingerprint density at radius 2 is 1.35 bits per heavy atom. The van der Waals surface area contributed by atoms with Gasteiger partial charge in [0.25, 0.3) is 0 Å². The summed E-state index contributed by atoms with van der Waals surface area (Å²) < 4.78 is 0. The van der Waals surface area contributed by atoms with Crippen molar-refractivity contribution in [2.75, 3.05) is 0 Å². The first-order valence-electron chi connectivity index (χ1n) is 10.8. The molecule has 0 spiro atoms. The standard InChI is InChI=1S/C22H33N5O7/c1-11(2)8-17(22(33)34)27-21(32)16(10-18(24)29)26-20(31)15(25-19(30)12(3)23)9-13-4-6-14(28)7-5-13/h4-7,11-12,15-17,28H,8-10,23H2,1-3H3,(H2,24,29)(H,25,30)(H,26,31)(H,27,32)(H,33,34). The SMILES string of the molecule is CC(C)CC(NC(=O)C(CC(N)=O)NC(=O)C(Cc1ccc(O)cc1)NC(=O)C(C)N)C(=O)O. The van der Waals surface area contributed by atoms with Crippen LogP contribution >= 0.6 is 0 Å². The Bertz CT molecular complexity index is 886. The summed E-state index contributed by atoms with van der Waals surface area (Å²) in [6, 6.07) is 1.10. The van der Waals surface area contributed by atoms with Crippen molar-refractivity contribution in [3.05, 3.63) is 29.8 Å². The highest BCUT2D eigenvalue weighted by Crippen LogP contribution is 2.12. The lowest BCUT2D eigenvalue weighted by Gasteiger charge is -2.25. The molecule has 0 bridgehead atoms. The maximum absolute atomic E-state index is 13.0. The Labute approximate surface area is 197 Å². The van der Waals surface area contributed by atoms with Crippen molar-refractivity contribution >= 4 is 29.6 Å². The van der Waals surface area contributed by atoms with Gasteiger partial charge in [0.15, 0.2) is 0 Å². The number of benzene rings is 1. The molecule has 188 valence electrons. The molecular formula is C22H33N5O7. The molecule has 4 unspecified atom stereocenters. The fourth-order valence-electron chi connectivity index (χ4n) is 3.03. The summed E-state index contributed by atoms with van der Waals surface area (Å²) in [5.41, 5.74) is 11.4. The third kappa shape index (κ3) is 9.86. The van der Waals surface area contributed by atoms with Crippen molar-refractivity contribution in [2.24, 2.45) is 17.4 Å². The number of rotatable bonds is 13. The minimum absolute atomic E-state index is 0.0111. The molecule has 0 aliphatic rings. The van der Waals surface area contributed by atoms with Crippen LogP contribution in [0, 0.1) is 5.92 Å². The summed E-state index contributed by atoms with van der Waals surface area (Å²) in [4.78, 5) is 60.9. The molecule has 0 heterocycles. The molecule has 34 heavy (non-hydrogen) atoms. The second-order valence-electron chi connectivity index (χ2n) is 8.48. The Kier molecular flexibility index (Phi) is 11.0. The fourth-order valence-corrected chi connectivity index (χ4v) is 3.03. The molecule has 0 aliphatic heterocycles. The minimum atomic E-state index is -1.46. The molecule has 1 rings (SSSR count). The van der Waals surface area contributed by atoms with Crippen molar-refractivity contribution in [3.8, 4) is 5.75 Å². The van der Waals surface area contributed by atoms with Gasteiger partial charge in [-0.3, -0.25) is 19.2 Å². The monoisotopic (exact) mass is 479 g/mol. The molecule has 0 aliphatic carbocycles. The smallest absolute Gasteiger partial charge is 0.326 e. The lowest BCUT2D eigenvalue weighted by Crippen LogP contribution is -2.58. The number of carboxylic acid groups (broad SMARTS) is 1. The Hall–Kier alpha value is -3.67. The van der Waals surface area contributed by atoms with Gasteiger partial charge in [-0.1, -0.05) is 26.0 Å². The molecule has 12 nitrogen and oxygen atoms in total. The molecule has 0 saturated heterocycles. The normalized spacial score (nSPS) is 14.4. The molecule has 12 heteroatoms. The predicted octanol–water partition coefficient (Wildman–Crippen LogP) is -1.26. The van der Waals surface area contributed by atoms with Crippen LogP contribution in [0.2, 0.25) is 0 Å². The summed E-state index contributed by atoms with van der Waals surface area (Å²) in [6.07, 6.45) is -0.467. The number of aromatic hydroxyl groups is 1. The summed E-state index contributed by atoms with van der Waals surface area (Å²) in [7, 11) is 0. The van der Waals surface area contributed by atoms with Gasteiger partial charge in [0.05, 0.1) is 12.5 Å². The average Bonchev–Trinajstić information content (AvgIpc) is 2.72. The van der Waals surface area contributed by atoms with E-state index in [-0.39, 0.29) is 24.5 Å². The van der Waals surface area contributed by atoms with E-state index >= 15 is 0 Å². The van der Waals surface area contributed by atoms with E-state index in [4.69, 9.17) is 11.5 Å². The number of hydrogen-bond acceptors (Lipinski definition) is 7. The van der Waals surface area contributed by atoms with Gasteiger partial charge in [0.2, 0.25) is 23.6 Å². The number of hydrogen-bond donors (Lipinski definition) is 7. The second kappa shape index (κ2) is 13.1. The van der Waals surface area contributed by atoms with E-state index < -0.39 is 60.2 Å². The van der Waals surface area contributed by atoms with Crippen LogP contribution in [0.3, 0.4) is 0 Å². The molecule has 0 aromatic heterocycles. The lowest BCUT2D eigenvalue weighted by molar-refractivity contribution is -0.143. The van der Waals surface area contributed by atoms with Gasteiger partial charge in [-0.15, -0.1) is 0 Å². The van der Waals surface area contributed by atoms with Crippen molar-refractivity contribution in [3.63, 3.8) is 0 Å². The fraction of sp³-hybridized carbons (Fsp3) is 0.500. The highest BCUT2D eigenvalue weighted by Gasteiger charge is 2.31. The summed E-state index contributed by atoms with van der Waals surface area (Å²) in [6.45, 7) is 4.98. The Balaban J connectivity index is 3.09. The van der Waals surface area contributed by atoms with Crippen LogP contribution in [0.5, 0.6) is 5.75 Å². The van der Waals surface area contributed by atoms with Gasteiger partial charge in [-0.25, -0.2) is 4.79 Å². The minimum Gasteiger partial charge on any atom is -0.508 e. The number of phenols is 1. The van der Waals surface area contributed by atoms with Gasteiger partial charge < -0.3 is 37.6 Å². The van der Waals surface area contributed by atoms with Crippen LogP contribution in [0.15, 0.2) is 24.3 Å². The highest BCUT2D eigenvalue weighted by molar-refractivity contribution is 5.96.